The molecule has 3 rings (SSSR count). The van der Waals surface area contributed by atoms with Crippen LogP contribution in [0.2, 0.25) is 0 Å². The molecule has 1 fully saturated rings. The Bertz CT molecular complexity index is 805. The van der Waals surface area contributed by atoms with Gasteiger partial charge in [0.1, 0.15) is 11.7 Å². The number of aryl methyl sites for hydroxylation is 1. The van der Waals surface area contributed by atoms with Crippen LogP contribution in [0, 0.1) is 6.92 Å². The van der Waals surface area contributed by atoms with E-state index >= 15 is 0 Å². The molecule has 7 heteroatoms. The second-order valence-corrected chi connectivity index (χ2v) is 6.93. The molecule has 6 nitrogen and oxygen atoms in total. The van der Waals surface area contributed by atoms with E-state index in [9.17, 15) is 9.59 Å². The van der Waals surface area contributed by atoms with Gasteiger partial charge in [0.05, 0.1) is 12.3 Å². The van der Waals surface area contributed by atoms with Crippen molar-refractivity contribution in [2.45, 2.75) is 26.4 Å². The number of esters is 1. The molecular weight excluding hydrogens is 326 g/mol. The van der Waals surface area contributed by atoms with Gasteiger partial charge in [-0.2, -0.15) is 11.8 Å². The molecule has 1 aliphatic rings. The number of thioether (sulfide) groups is 1. The summed E-state index contributed by atoms with van der Waals surface area (Å²) in [4.78, 5) is 31.2. The lowest BCUT2D eigenvalue weighted by Gasteiger charge is -2.33. The number of carbonyl (C=O) groups is 1. The quantitative estimate of drug-likeness (QED) is 0.781. The molecule has 1 atom stereocenters. The van der Waals surface area contributed by atoms with Crippen molar-refractivity contribution < 1.29 is 9.53 Å². The largest absolute Gasteiger partial charge is 0.465 e. The number of nitrogens with zero attached hydrogens (tertiary/aromatic N) is 3. The van der Waals surface area contributed by atoms with Crippen LogP contribution >= 0.6 is 11.8 Å². The van der Waals surface area contributed by atoms with Gasteiger partial charge in [-0.1, -0.05) is 6.07 Å². The van der Waals surface area contributed by atoms with Crippen LogP contribution in [-0.2, 0) is 16.1 Å². The molecule has 0 N–H and O–H groups in total. The van der Waals surface area contributed by atoms with Gasteiger partial charge in [-0.25, -0.2) is 4.98 Å². The smallest absolute Gasteiger partial charge is 0.324 e. The van der Waals surface area contributed by atoms with Gasteiger partial charge < -0.3 is 4.74 Å². The third kappa shape index (κ3) is 3.47. The third-order valence-electron chi connectivity index (χ3n) is 4.10. The van der Waals surface area contributed by atoms with Crippen molar-refractivity contribution in [3.05, 3.63) is 46.0 Å². The van der Waals surface area contributed by atoms with Crippen molar-refractivity contribution in [1.82, 2.24) is 14.3 Å². The maximum Gasteiger partial charge on any atom is 0.324 e. The zero-order valence-corrected chi connectivity index (χ0v) is 14.7. The summed E-state index contributed by atoms with van der Waals surface area (Å²) < 4.78 is 6.73. The minimum absolute atomic E-state index is 0.0993. The first-order valence-electron chi connectivity index (χ1n) is 8.06. The highest BCUT2D eigenvalue weighted by atomic mass is 32.2. The predicted molar refractivity (Wildman–Crippen MR) is 94.4 cm³/mol. The van der Waals surface area contributed by atoms with Crippen molar-refractivity contribution in [2.75, 3.05) is 24.7 Å². The van der Waals surface area contributed by atoms with E-state index < -0.39 is 0 Å². The maximum atomic E-state index is 12.3. The maximum absolute atomic E-state index is 12.3. The first-order valence-corrected chi connectivity index (χ1v) is 9.22. The van der Waals surface area contributed by atoms with E-state index in [-0.39, 0.29) is 17.6 Å². The van der Waals surface area contributed by atoms with Crippen molar-refractivity contribution in [3.63, 3.8) is 0 Å². The SMILES string of the molecule is CCOC(=O)C1CSCCN1Cc1cc(=O)n2cccc(C)c2n1. The van der Waals surface area contributed by atoms with E-state index in [0.717, 1.165) is 17.9 Å². The molecule has 0 saturated carbocycles. The summed E-state index contributed by atoms with van der Waals surface area (Å²) in [6.45, 7) is 5.38. The van der Waals surface area contributed by atoms with E-state index in [1.807, 2.05) is 26.0 Å². The molecule has 1 saturated heterocycles. The van der Waals surface area contributed by atoms with Gasteiger partial charge in [-0.15, -0.1) is 0 Å². The summed E-state index contributed by atoms with van der Waals surface area (Å²) in [5.74, 6) is 1.48. The highest BCUT2D eigenvalue weighted by Crippen LogP contribution is 2.19. The van der Waals surface area contributed by atoms with Crippen molar-refractivity contribution >= 4 is 23.4 Å². The van der Waals surface area contributed by atoms with E-state index in [0.29, 0.717) is 30.2 Å². The van der Waals surface area contributed by atoms with Crippen LogP contribution in [0.1, 0.15) is 18.2 Å². The van der Waals surface area contributed by atoms with Crippen LogP contribution in [0.15, 0.2) is 29.2 Å². The summed E-state index contributed by atoms with van der Waals surface area (Å²) in [5.41, 5.74) is 2.21. The monoisotopic (exact) mass is 347 g/mol. The molecule has 0 radical (unpaired) electrons. The molecule has 2 aromatic rings. The lowest BCUT2D eigenvalue weighted by molar-refractivity contribution is -0.148. The third-order valence-corrected chi connectivity index (χ3v) is 5.13. The Labute approximate surface area is 144 Å². The second kappa shape index (κ2) is 7.36. The van der Waals surface area contributed by atoms with Crippen molar-refractivity contribution in [2.24, 2.45) is 0 Å². The van der Waals surface area contributed by atoms with Gasteiger partial charge in [-0.3, -0.25) is 18.9 Å². The first-order chi connectivity index (χ1) is 11.6. The molecular formula is C17H21N3O3S. The normalized spacial score (nSPS) is 18.7. The van der Waals surface area contributed by atoms with Crippen LogP contribution in [0.5, 0.6) is 0 Å². The summed E-state index contributed by atoms with van der Waals surface area (Å²) in [6, 6.07) is 5.05. The van der Waals surface area contributed by atoms with Crippen molar-refractivity contribution in [3.8, 4) is 0 Å². The topological polar surface area (TPSA) is 63.9 Å². The number of aromatic nitrogens is 2. The molecule has 0 amide bonds. The van der Waals surface area contributed by atoms with Gasteiger partial charge in [-0.05, 0) is 25.5 Å². The number of rotatable bonds is 4. The lowest BCUT2D eigenvalue weighted by Crippen LogP contribution is -2.47. The minimum atomic E-state index is -0.277. The molecule has 24 heavy (non-hydrogen) atoms. The highest BCUT2D eigenvalue weighted by Gasteiger charge is 2.30. The fourth-order valence-corrected chi connectivity index (χ4v) is 3.98. The van der Waals surface area contributed by atoms with Gasteiger partial charge >= 0.3 is 5.97 Å². The van der Waals surface area contributed by atoms with E-state index in [1.165, 1.54) is 0 Å². The molecule has 2 aromatic heterocycles. The Hall–Kier alpha value is -1.86. The molecule has 1 unspecified atom stereocenters. The summed E-state index contributed by atoms with van der Waals surface area (Å²) in [6.07, 6.45) is 1.72. The van der Waals surface area contributed by atoms with Crippen LogP contribution in [0.25, 0.3) is 5.65 Å². The Morgan fingerprint density at radius 1 is 1.50 bits per heavy atom. The lowest BCUT2D eigenvalue weighted by atomic mass is 10.2. The number of hydrogen-bond acceptors (Lipinski definition) is 6. The van der Waals surface area contributed by atoms with Crippen LogP contribution < -0.4 is 5.56 Å². The van der Waals surface area contributed by atoms with E-state index in [1.54, 1.807) is 28.4 Å². The average Bonchev–Trinajstić information content (AvgIpc) is 2.57. The zero-order valence-electron chi connectivity index (χ0n) is 13.9. The summed E-state index contributed by atoms with van der Waals surface area (Å²) in [5, 5.41) is 0. The zero-order chi connectivity index (χ0) is 17.1. The molecule has 3 heterocycles. The summed E-state index contributed by atoms with van der Waals surface area (Å²) >= 11 is 1.75. The number of ether oxygens (including phenoxy) is 1. The minimum Gasteiger partial charge on any atom is -0.465 e. The van der Waals surface area contributed by atoms with Crippen LogP contribution in [0.3, 0.4) is 0 Å². The predicted octanol–water partition coefficient (Wildman–Crippen LogP) is 1.48. The number of pyridine rings is 1. The van der Waals surface area contributed by atoms with E-state index in [4.69, 9.17) is 4.74 Å². The van der Waals surface area contributed by atoms with Gasteiger partial charge in [0.15, 0.2) is 0 Å². The Morgan fingerprint density at radius 3 is 3.12 bits per heavy atom. The number of fused-ring (bicyclic) bond motifs is 1. The first kappa shape index (κ1) is 17.0. The van der Waals surface area contributed by atoms with Crippen LogP contribution in [-0.4, -0.2) is 51.0 Å². The Balaban J connectivity index is 1.89. The Morgan fingerprint density at radius 2 is 2.33 bits per heavy atom. The molecule has 0 aromatic carbocycles. The van der Waals surface area contributed by atoms with Crippen molar-refractivity contribution in [1.29, 1.82) is 0 Å². The molecule has 0 bridgehead atoms. The Kier molecular flexibility index (Phi) is 5.20. The standard InChI is InChI=1S/C17H21N3O3S/c1-3-23-17(22)14-11-24-8-7-19(14)10-13-9-15(21)20-6-4-5-12(2)16(20)18-13/h4-6,9,14H,3,7-8,10-11H2,1-2H3. The fraction of sp³-hybridized carbons (Fsp3) is 0.471. The molecule has 1 aliphatic heterocycles. The molecule has 128 valence electrons. The fourth-order valence-electron chi connectivity index (χ4n) is 2.88. The number of hydrogen-bond donors (Lipinski definition) is 0. The van der Waals surface area contributed by atoms with Gasteiger partial charge in [0.2, 0.25) is 0 Å². The van der Waals surface area contributed by atoms with Gasteiger partial charge in [0.25, 0.3) is 5.56 Å². The molecule has 0 aliphatic carbocycles. The van der Waals surface area contributed by atoms with Gasteiger partial charge in [0, 0.05) is 36.9 Å². The number of carbonyl (C=O) groups excluding carboxylic acids is 1. The summed E-state index contributed by atoms with van der Waals surface area (Å²) in [7, 11) is 0. The molecule has 0 spiro atoms. The van der Waals surface area contributed by atoms with E-state index in [2.05, 4.69) is 9.88 Å². The highest BCUT2D eigenvalue weighted by molar-refractivity contribution is 7.99. The van der Waals surface area contributed by atoms with Crippen LogP contribution in [0.4, 0.5) is 0 Å². The average molecular weight is 347 g/mol. The second-order valence-electron chi connectivity index (χ2n) is 5.78.